The number of urea groups is 1. The van der Waals surface area contributed by atoms with Crippen LogP contribution in [-0.4, -0.2) is 11.0 Å². The Morgan fingerprint density at radius 3 is 2.70 bits per heavy atom. The number of amides is 2. The van der Waals surface area contributed by atoms with E-state index in [9.17, 15) is 4.79 Å². The number of rotatable bonds is 3. The smallest absolute Gasteiger partial charge is 0.323 e. The summed E-state index contributed by atoms with van der Waals surface area (Å²) < 4.78 is 5.85. The average Bonchev–Trinajstić information content (AvgIpc) is 3.07. The molecule has 0 fully saturated rings. The van der Waals surface area contributed by atoms with Crippen LogP contribution in [0.25, 0.3) is 0 Å². The number of hydrogen-bond donors (Lipinski definition) is 3. The first-order valence-electron chi connectivity index (χ1n) is 8.40. The molecule has 0 spiro atoms. The molecule has 6 nitrogen and oxygen atoms in total. The van der Waals surface area contributed by atoms with Crippen molar-refractivity contribution in [3.05, 3.63) is 76.9 Å². The van der Waals surface area contributed by atoms with Gasteiger partial charge in [-0.05, 0) is 31.2 Å². The first-order chi connectivity index (χ1) is 13.1. The van der Waals surface area contributed by atoms with Crippen molar-refractivity contribution in [2.24, 2.45) is 0 Å². The number of anilines is 3. The zero-order chi connectivity index (χ0) is 18.8. The van der Waals surface area contributed by atoms with Crippen molar-refractivity contribution in [1.82, 2.24) is 4.98 Å². The molecule has 136 valence electrons. The van der Waals surface area contributed by atoms with Gasteiger partial charge in [0, 0.05) is 29.2 Å². The molecule has 27 heavy (non-hydrogen) atoms. The zero-order valence-electron chi connectivity index (χ0n) is 14.5. The maximum Gasteiger partial charge on any atom is 0.323 e. The number of nitrogens with zero attached hydrogens (tertiary/aromatic N) is 1. The van der Waals surface area contributed by atoms with E-state index in [0.29, 0.717) is 22.3 Å². The molecule has 7 heteroatoms. The summed E-state index contributed by atoms with van der Waals surface area (Å²) in [5, 5.41) is 9.33. The van der Waals surface area contributed by atoms with Crippen LogP contribution in [0.2, 0.25) is 5.02 Å². The van der Waals surface area contributed by atoms with Gasteiger partial charge in [0.05, 0.1) is 5.02 Å². The highest BCUT2D eigenvalue weighted by atomic mass is 35.5. The summed E-state index contributed by atoms with van der Waals surface area (Å²) in [7, 11) is 0. The molecule has 0 saturated carbocycles. The number of nitrogens with one attached hydrogen (secondary N) is 3. The Morgan fingerprint density at radius 1 is 1.11 bits per heavy atom. The molecule has 3 N–H and O–H groups in total. The summed E-state index contributed by atoms with van der Waals surface area (Å²) in [5.74, 6) is 1.24. The molecule has 1 aromatic heterocycles. The highest BCUT2D eigenvalue weighted by Gasteiger charge is 2.25. The first kappa shape index (κ1) is 17.2. The SMILES string of the molecule is Cc1ccc(NC(=O)Nc2cccc(C3Nc4ncc(Cl)cc4O3)c2)cc1. The van der Waals surface area contributed by atoms with Gasteiger partial charge in [0.2, 0.25) is 0 Å². The number of aryl methyl sites for hydroxylation is 1. The van der Waals surface area contributed by atoms with E-state index < -0.39 is 6.23 Å². The van der Waals surface area contributed by atoms with E-state index >= 15 is 0 Å². The lowest BCUT2D eigenvalue weighted by atomic mass is 10.2. The minimum Gasteiger partial charge on any atom is -0.463 e. The van der Waals surface area contributed by atoms with E-state index in [4.69, 9.17) is 16.3 Å². The van der Waals surface area contributed by atoms with Crippen LogP contribution < -0.4 is 20.7 Å². The number of halogens is 1. The zero-order valence-corrected chi connectivity index (χ0v) is 15.2. The van der Waals surface area contributed by atoms with Crippen LogP contribution in [0.4, 0.5) is 22.0 Å². The molecule has 2 heterocycles. The Morgan fingerprint density at radius 2 is 1.89 bits per heavy atom. The van der Waals surface area contributed by atoms with E-state index in [1.54, 1.807) is 12.3 Å². The topological polar surface area (TPSA) is 75.3 Å². The van der Waals surface area contributed by atoms with Gasteiger partial charge in [-0.1, -0.05) is 41.4 Å². The second kappa shape index (κ2) is 7.17. The van der Waals surface area contributed by atoms with Gasteiger partial charge >= 0.3 is 6.03 Å². The van der Waals surface area contributed by atoms with Crippen LogP contribution in [-0.2, 0) is 0 Å². The number of pyridine rings is 1. The minimum atomic E-state index is -0.395. The lowest BCUT2D eigenvalue weighted by Crippen LogP contribution is -2.19. The second-order valence-corrected chi connectivity index (χ2v) is 6.65. The van der Waals surface area contributed by atoms with Crippen LogP contribution in [0.15, 0.2) is 60.8 Å². The number of hydrogen-bond acceptors (Lipinski definition) is 4. The molecule has 2 amide bonds. The third-order valence-electron chi connectivity index (χ3n) is 4.09. The van der Waals surface area contributed by atoms with Crippen LogP contribution >= 0.6 is 11.6 Å². The number of aromatic nitrogens is 1. The van der Waals surface area contributed by atoms with Crippen molar-refractivity contribution in [3.8, 4) is 5.75 Å². The number of carbonyl (C=O) groups excluding carboxylic acids is 1. The summed E-state index contributed by atoms with van der Waals surface area (Å²) >= 11 is 5.95. The largest absolute Gasteiger partial charge is 0.463 e. The van der Waals surface area contributed by atoms with Crippen LogP contribution in [0.3, 0.4) is 0 Å². The molecule has 0 radical (unpaired) electrons. The lowest BCUT2D eigenvalue weighted by Gasteiger charge is -2.13. The molecular formula is C20H17ClN4O2. The van der Waals surface area contributed by atoms with Gasteiger partial charge in [-0.25, -0.2) is 9.78 Å². The fraction of sp³-hybridized carbons (Fsp3) is 0.100. The molecule has 0 saturated heterocycles. The molecule has 4 rings (SSSR count). The Hall–Kier alpha value is -3.25. The van der Waals surface area contributed by atoms with Crippen molar-refractivity contribution >= 4 is 34.8 Å². The number of carbonyl (C=O) groups is 1. The second-order valence-electron chi connectivity index (χ2n) is 6.21. The highest BCUT2D eigenvalue weighted by molar-refractivity contribution is 6.30. The van der Waals surface area contributed by atoms with Gasteiger partial charge in [-0.2, -0.15) is 0 Å². The number of benzene rings is 2. The van der Waals surface area contributed by atoms with Gasteiger partial charge in [0.15, 0.2) is 17.8 Å². The van der Waals surface area contributed by atoms with Gasteiger partial charge < -0.3 is 20.7 Å². The fourth-order valence-electron chi connectivity index (χ4n) is 2.76. The molecule has 1 aliphatic heterocycles. The van der Waals surface area contributed by atoms with E-state index in [0.717, 1.165) is 16.8 Å². The van der Waals surface area contributed by atoms with Crippen LogP contribution in [0.1, 0.15) is 17.4 Å². The van der Waals surface area contributed by atoms with Crippen molar-refractivity contribution < 1.29 is 9.53 Å². The molecule has 0 bridgehead atoms. The molecule has 1 unspecified atom stereocenters. The Labute approximate surface area is 161 Å². The molecule has 3 aromatic rings. The molecule has 1 aliphatic rings. The van der Waals surface area contributed by atoms with Gasteiger partial charge in [-0.15, -0.1) is 0 Å². The quantitative estimate of drug-likeness (QED) is 0.584. The standard InChI is InChI=1S/C20H17ClN4O2/c1-12-5-7-15(8-6-12)23-20(26)24-16-4-2-3-13(9-16)19-25-18-17(27-19)10-14(21)11-22-18/h2-11,19H,1H3,(H,22,25)(H2,23,24,26). The third-order valence-corrected chi connectivity index (χ3v) is 4.30. The van der Waals surface area contributed by atoms with Gasteiger partial charge in [0.25, 0.3) is 0 Å². The van der Waals surface area contributed by atoms with Crippen molar-refractivity contribution in [1.29, 1.82) is 0 Å². The van der Waals surface area contributed by atoms with Gasteiger partial charge in [-0.3, -0.25) is 0 Å². The fourth-order valence-corrected chi connectivity index (χ4v) is 2.91. The lowest BCUT2D eigenvalue weighted by molar-refractivity contribution is 0.259. The van der Waals surface area contributed by atoms with E-state index in [-0.39, 0.29) is 6.03 Å². The molecule has 1 atom stereocenters. The Kier molecular flexibility index (Phi) is 4.56. The number of fused-ring (bicyclic) bond motifs is 1. The van der Waals surface area contributed by atoms with E-state index in [2.05, 4.69) is 20.9 Å². The monoisotopic (exact) mass is 380 g/mol. The van der Waals surface area contributed by atoms with Crippen molar-refractivity contribution in [2.75, 3.05) is 16.0 Å². The van der Waals surface area contributed by atoms with Gasteiger partial charge in [0.1, 0.15) is 0 Å². The maximum absolute atomic E-state index is 12.2. The first-order valence-corrected chi connectivity index (χ1v) is 8.78. The Balaban J connectivity index is 1.44. The maximum atomic E-state index is 12.2. The van der Waals surface area contributed by atoms with Crippen LogP contribution in [0, 0.1) is 6.92 Å². The average molecular weight is 381 g/mol. The Bertz CT molecular complexity index is 992. The predicted molar refractivity (Wildman–Crippen MR) is 107 cm³/mol. The highest BCUT2D eigenvalue weighted by Crippen LogP contribution is 2.37. The minimum absolute atomic E-state index is 0.312. The molecular weight excluding hydrogens is 364 g/mol. The van der Waals surface area contributed by atoms with Crippen LogP contribution in [0.5, 0.6) is 5.75 Å². The number of ether oxygens (including phenoxy) is 1. The summed E-state index contributed by atoms with van der Waals surface area (Å²) in [4.78, 5) is 16.4. The normalized spacial score (nSPS) is 14.7. The molecule has 2 aromatic carbocycles. The van der Waals surface area contributed by atoms with E-state index in [1.807, 2.05) is 55.5 Å². The summed E-state index contributed by atoms with van der Waals surface area (Å²) in [6, 6.07) is 16.4. The summed E-state index contributed by atoms with van der Waals surface area (Å²) in [5.41, 5.74) is 3.38. The predicted octanol–water partition coefficient (Wildman–Crippen LogP) is 5.19. The molecule has 0 aliphatic carbocycles. The van der Waals surface area contributed by atoms with Crippen molar-refractivity contribution in [3.63, 3.8) is 0 Å². The third kappa shape index (κ3) is 3.96. The summed E-state index contributed by atoms with van der Waals surface area (Å²) in [6.07, 6.45) is 1.17. The van der Waals surface area contributed by atoms with Crippen molar-refractivity contribution in [2.45, 2.75) is 13.2 Å². The van der Waals surface area contributed by atoms with E-state index in [1.165, 1.54) is 0 Å². The summed E-state index contributed by atoms with van der Waals surface area (Å²) in [6.45, 7) is 2.00.